The molecule has 0 unspecified atom stereocenters. The van der Waals surface area contributed by atoms with Crippen molar-refractivity contribution in [3.63, 3.8) is 0 Å². The zero-order valence-electron chi connectivity index (χ0n) is 26.6. The first-order valence-electron chi connectivity index (χ1n) is 16.7. The van der Waals surface area contributed by atoms with Crippen LogP contribution in [0.2, 0.25) is 0 Å². The largest absolute Gasteiger partial charge is 0.310 e. The minimum absolute atomic E-state index is 1.12. The van der Waals surface area contributed by atoms with Gasteiger partial charge in [0.05, 0.1) is 11.0 Å². The second-order valence-corrected chi connectivity index (χ2v) is 13.7. The Morgan fingerprint density at radius 3 is 1.78 bits per heavy atom. The molecule has 49 heavy (non-hydrogen) atoms. The van der Waals surface area contributed by atoms with Gasteiger partial charge in [-0.05, 0) is 94.7 Å². The Balaban J connectivity index is 1.21. The van der Waals surface area contributed by atoms with Gasteiger partial charge in [0.25, 0.3) is 0 Å². The highest BCUT2D eigenvalue weighted by Crippen LogP contribution is 2.43. The normalized spacial score (nSPS) is 11.7. The monoisotopic (exact) mass is 642 g/mol. The van der Waals surface area contributed by atoms with Crippen LogP contribution in [-0.2, 0) is 0 Å². The Morgan fingerprint density at radius 2 is 0.959 bits per heavy atom. The van der Waals surface area contributed by atoms with E-state index in [0.717, 1.165) is 22.7 Å². The molecule has 0 N–H and O–H groups in total. The van der Waals surface area contributed by atoms with Crippen LogP contribution >= 0.6 is 11.3 Å². The molecule has 3 heteroatoms. The molecule has 0 atom stereocenters. The third-order valence-corrected chi connectivity index (χ3v) is 10.9. The maximum Gasteiger partial charge on any atom is 0.0547 e. The first-order chi connectivity index (χ1) is 24.3. The molecule has 0 fully saturated rings. The van der Waals surface area contributed by atoms with Crippen molar-refractivity contribution in [2.24, 2.45) is 0 Å². The van der Waals surface area contributed by atoms with Crippen molar-refractivity contribution in [2.45, 2.75) is 0 Å². The molecule has 10 rings (SSSR count). The van der Waals surface area contributed by atoms with Gasteiger partial charge in [-0.15, -0.1) is 11.3 Å². The number of nitrogens with zero attached hydrogens (tertiary/aromatic N) is 2. The van der Waals surface area contributed by atoms with Gasteiger partial charge in [0.15, 0.2) is 0 Å². The van der Waals surface area contributed by atoms with Gasteiger partial charge in [-0.1, -0.05) is 109 Å². The highest BCUT2D eigenvalue weighted by molar-refractivity contribution is 7.25. The van der Waals surface area contributed by atoms with E-state index < -0.39 is 0 Å². The lowest BCUT2D eigenvalue weighted by Crippen LogP contribution is -2.09. The van der Waals surface area contributed by atoms with Gasteiger partial charge < -0.3 is 9.47 Å². The minimum atomic E-state index is 1.12. The molecule has 0 bridgehead atoms. The standard InChI is InChI=1S/C46H30N2S/c1-3-11-31(12-4-1)32-19-21-36(22-20-32)47(38-23-25-40-39-17-9-10-18-45(39)49-46(40)30-38)37-24-26-43-42(29-37)41-27-33-13-7-8-14-34(33)28-44(41)48(43)35-15-5-2-6-16-35/h1-30H. The van der Waals surface area contributed by atoms with Gasteiger partial charge in [-0.25, -0.2) is 0 Å². The molecule has 2 aromatic heterocycles. The van der Waals surface area contributed by atoms with E-state index in [0.29, 0.717) is 0 Å². The van der Waals surface area contributed by atoms with Crippen LogP contribution < -0.4 is 4.90 Å². The Morgan fingerprint density at radius 1 is 0.367 bits per heavy atom. The van der Waals surface area contributed by atoms with Crippen molar-refractivity contribution in [2.75, 3.05) is 4.90 Å². The third kappa shape index (κ3) is 4.62. The van der Waals surface area contributed by atoms with Gasteiger partial charge in [0.2, 0.25) is 0 Å². The van der Waals surface area contributed by atoms with Crippen LogP contribution in [-0.4, -0.2) is 4.57 Å². The lowest BCUT2D eigenvalue weighted by Gasteiger charge is -2.26. The second kappa shape index (κ2) is 11.2. The predicted molar refractivity (Wildman–Crippen MR) is 211 cm³/mol. The van der Waals surface area contributed by atoms with Gasteiger partial charge in [-0.3, -0.25) is 0 Å². The van der Waals surface area contributed by atoms with Crippen LogP contribution in [0.3, 0.4) is 0 Å². The van der Waals surface area contributed by atoms with Gasteiger partial charge in [-0.2, -0.15) is 0 Å². The molecule has 0 aliphatic rings. The molecule has 0 aliphatic carbocycles. The fraction of sp³-hybridized carbons (Fsp3) is 0. The van der Waals surface area contributed by atoms with E-state index >= 15 is 0 Å². The molecule has 0 amide bonds. The molecule has 2 nitrogen and oxygen atoms in total. The number of benzene rings is 8. The van der Waals surface area contributed by atoms with Crippen LogP contribution in [0.15, 0.2) is 182 Å². The molecule has 0 saturated heterocycles. The fourth-order valence-corrected chi connectivity index (χ4v) is 8.56. The van der Waals surface area contributed by atoms with Gasteiger partial charge in [0.1, 0.15) is 0 Å². The topological polar surface area (TPSA) is 8.17 Å². The second-order valence-electron chi connectivity index (χ2n) is 12.6. The summed E-state index contributed by atoms with van der Waals surface area (Å²) >= 11 is 1.86. The summed E-state index contributed by atoms with van der Waals surface area (Å²) in [5.41, 5.74) is 9.38. The Bertz CT molecular complexity index is 2810. The summed E-state index contributed by atoms with van der Waals surface area (Å²) in [7, 11) is 0. The molecule has 2 heterocycles. The number of rotatable bonds is 5. The summed E-state index contributed by atoms with van der Waals surface area (Å²) < 4.78 is 5.01. The maximum atomic E-state index is 2.41. The SMILES string of the molecule is c1ccc(-c2ccc(N(c3ccc4c(c3)sc3ccccc34)c3ccc4c(c3)c3cc5ccccc5cc3n4-c3ccccc3)cc2)cc1. The molecule has 0 aliphatic heterocycles. The Kier molecular flexibility index (Phi) is 6.39. The predicted octanol–water partition coefficient (Wildman–Crippen LogP) is 13.4. The van der Waals surface area contributed by atoms with Crippen molar-refractivity contribution in [3.8, 4) is 16.8 Å². The van der Waals surface area contributed by atoms with Crippen molar-refractivity contribution in [1.82, 2.24) is 4.57 Å². The number of hydrogen-bond donors (Lipinski definition) is 0. The number of thiophene rings is 1. The first-order valence-corrected chi connectivity index (χ1v) is 17.5. The molecule has 8 aromatic carbocycles. The van der Waals surface area contributed by atoms with Crippen LogP contribution in [0.25, 0.3) is 69.6 Å². The summed E-state index contributed by atoms with van der Waals surface area (Å²) in [4.78, 5) is 2.41. The Labute approximate surface area is 288 Å². The van der Waals surface area contributed by atoms with Crippen LogP contribution in [0, 0.1) is 0 Å². The van der Waals surface area contributed by atoms with E-state index in [1.165, 1.54) is 63.9 Å². The molecular formula is C46H30N2S. The average Bonchev–Trinajstić information content (AvgIpc) is 3.69. The number of para-hydroxylation sites is 1. The molecule has 10 aromatic rings. The molecule has 0 saturated carbocycles. The number of fused-ring (bicyclic) bond motifs is 7. The maximum absolute atomic E-state index is 2.41. The minimum Gasteiger partial charge on any atom is -0.310 e. The van der Waals surface area contributed by atoms with Crippen molar-refractivity contribution in [1.29, 1.82) is 0 Å². The number of hydrogen-bond acceptors (Lipinski definition) is 2. The molecule has 0 radical (unpaired) electrons. The summed E-state index contributed by atoms with van der Waals surface area (Å²) in [6, 6.07) is 66.3. The van der Waals surface area contributed by atoms with Gasteiger partial charge >= 0.3 is 0 Å². The van der Waals surface area contributed by atoms with E-state index in [1.807, 2.05) is 11.3 Å². The Hall–Kier alpha value is -6.16. The zero-order chi connectivity index (χ0) is 32.3. The van der Waals surface area contributed by atoms with Crippen molar-refractivity contribution in [3.05, 3.63) is 182 Å². The van der Waals surface area contributed by atoms with Crippen LogP contribution in [0.4, 0.5) is 17.1 Å². The van der Waals surface area contributed by atoms with Gasteiger partial charge in [0, 0.05) is 53.7 Å². The molecule has 0 spiro atoms. The smallest absolute Gasteiger partial charge is 0.0547 e. The van der Waals surface area contributed by atoms with Crippen LogP contribution in [0.1, 0.15) is 0 Å². The number of aromatic nitrogens is 1. The third-order valence-electron chi connectivity index (χ3n) is 9.74. The summed E-state index contributed by atoms with van der Waals surface area (Å²) in [6.07, 6.45) is 0. The summed E-state index contributed by atoms with van der Waals surface area (Å²) in [6.45, 7) is 0. The first kappa shape index (κ1) is 27.9. The van der Waals surface area contributed by atoms with Crippen LogP contribution in [0.5, 0.6) is 0 Å². The van der Waals surface area contributed by atoms with Crippen molar-refractivity contribution < 1.29 is 0 Å². The zero-order valence-corrected chi connectivity index (χ0v) is 27.4. The molecular weight excluding hydrogens is 613 g/mol. The fourth-order valence-electron chi connectivity index (χ4n) is 7.42. The number of anilines is 3. The summed E-state index contributed by atoms with van der Waals surface area (Å²) in [5, 5.41) is 7.59. The molecule has 230 valence electrons. The lowest BCUT2D eigenvalue weighted by molar-refractivity contribution is 1.18. The van der Waals surface area contributed by atoms with E-state index in [1.54, 1.807) is 0 Å². The van der Waals surface area contributed by atoms with Crippen molar-refractivity contribution >= 4 is 81.1 Å². The highest BCUT2D eigenvalue weighted by Gasteiger charge is 2.19. The van der Waals surface area contributed by atoms with E-state index in [4.69, 9.17) is 0 Å². The lowest BCUT2D eigenvalue weighted by atomic mass is 10.0. The van der Waals surface area contributed by atoms with E-state index in [9.17, 15) is 0 Å². The summed E-state index contributed by atoms with van der Waals surface area (Å²) in [5.74, 6) is 0. The quantitative estimate of drug-likeness (QED) is 0.181. The highest BCUT2D eigenvalue weighted by atomic mass is 32.1. The van der Waals surface area contributed by atoms with E-state index in [-0.39, 0.29) is 0 Å². The average molecular weight is 643 g/mol. The van der Waals surface area contributed by atoms with E-state index in [2.05, 4.69) is 191 Å².